The van der Waals surface area contributed by atoms with Gasteiger partial charge >= 0.3 is 0 Å². The molecule has 100 valence electrons. The van der Waals surface area contributed by atoms with E-state index >= 15 is 0 Å². The third kappa shape index (κ3) is 2.80. The number of pyridine rings is 1. The Balaban J connectivity index is 1.66. The van der Waals surface area contributed by atoms with Crippen LogP contribution in [0.1, 0.15) is 56.9 Å². The van der Waals surface area contributed by atoms with Crippen molar-refractivity contribution in [2.75, 3.05) is 0 Å². The first-order chi connectivity index (χ1) is 9.40. The molecule has 1 nitrogen and oxygen atoms in total. The van der Waals surface area contributed by atoms with Gasteiger partial charge in [0.15, 0.2) is 0 Å². The molecule has 1 aromatic heterocycles. The molecule has 2 aromatic rings. The minimum atomic E-state index is 0.778. The molecule has 2 atom stereocenters. The molecule has 1 aliphatic rings. The summed E-state index contributed by atoms with van der Waals surface area (Å²) in [5.74, 6) is 1.70. The van der Waals surface area contributed by atoms with Crippen molar-refractivity contribution in [1.82, 2.24) is 4.98 Å². The van der Waals surface area contributed by atoms with Crippen LogP contribution in [0.25, 0.3) is 10.9 Å². The number of nitrogens with zero attached hydrogens (tertiary/aromatic N) is 1. The summed E-state index contributed by atoms with van der Waals surface area (Å²) in [4.78, 5) is 4.59. The Morgan fingerprint density at radius 3 is 2.89 bits per heavy atom. The quantitative estimate of drug-likeness (QED) is 0.636. The van der Waals surface area contributed by atoms with Crippen molar-refractivity contribution >= 4 is 10.9 Å². The van der Waals surface area contributed by atoms with Crippen molar-refractivity contribution in [3.05, 3.63) is 42.1 Å². The maximum atomic E-state index is 4.59. The maximum Gasteiger partial charge on any atom is 0.0736 e. The van der Waals surface area contributed by atoms with E-state index in [0.717, 1.165) is 11.8 Å². The molecule has 1 aliphatic carbocycles. The summed E-state index contributed by atoms with van der Waals surface area (Å²) in [6.45, 7) is 2.28. The second-order valence-electron chi connectivity index (χ2n) is 5.87. The molecule has 3 rings (SSSR count). The Morgan fingerprint density at radius 2 is 2.00 bits per heavy atom. The lowest BCUT2D eigenvalue weighted by molar-refractivity contribution is 0.589. The summed E-state index contributed by atoms with van der Waals surface area (Å²) in [5, 5.41) is 1.29. The third-order valence-electron chi connectivity index (χ3n) is 4.41. The molecule has 1 heteroatoms. The van der Waals surface area contributed by atoms with E-state index in [9.17, 15) is 0 Å². The predicted octanol–water partition coefficient (Wildman–Crippen LogP) is 5.31. The first-order valence-corrected chi connectivity index (χ1v) is 7.74. The largest absolute Gasteiger partial charge is 0.256 e. The highest BCUT2D eigenvalue weighted by Crippen LogP contribution is 2.51. The Hall–Kier alpha value is -1.37. The van der Waals surface area contributed by atoms with Gasteiger partial charge in [-0.25, -0.2) is 0 Å². The van der Waals surface area contributed by atoms with Crippen molar-refractivity contribution in [1.29, 1.82) is 0 Å². The van der Waals surface area contributed by atoms with Gasteiger partial charge in [-0.1, -0.05) is 56.9 Å². The van der Waals surface area contributed by atoms with Gasteiger partial charge < -0.3 is 0 Å². The minimum absolute atomic E-state index is 0.778. The molecule has 1 heterocycles. The fourth-order valence-electron chi connectivity index (χ4n) is 3.21. The highest BCUT2D eigenvalue weighted by atomic mass is 14.7. The molecule has 0 amide bonds. The van der Waals surface area contributed by atoms with E-state index < -0.39 is 0 Å². The summed E-state index contributed by atoms with van der Waals surface area (Å²) in [6.07, 6.45) is 10.3. The van der Waals surface area contributed by atoms with Crippen molar-refractivity contribution in [2.45, 2.75) is 51.4 Å². The van der Waals surface area contributed by atoms with Crippen LogP contribution in [-0.2, 0) is 0 Å². The number of hydrogen-bond donors (Lipinski definition) is 0. The summed E-state index contributed by atoms with van der Waals surface area (Å²) < 4.78 is 0. The van der Waals surface area contributed by atoms with E-state index in [4.69, 9.17) is 0 Å². The van der Waals surface area contributed by atoms with Crippen LogP contribution in [0.5, 0.6) is 0 Å². The van der Waals surface area contributed by atoms with Gasteiger partial charge in [-0.2, -0.15) is 0 Å². The van der Waals surface area contributed by atoms with Gasteiger partial charge in [0.25, 0.3) is 0 Å². The van der Waals surface area contributed by atoms with Gasteiger partial charge in [0.1, 0.15) is 0 Å². The smallest absolute Gasteiger partial charge is 0.0736 e. The molecule has 19 heavy (non-hydrogen) atoms. The molecule has 0 bridgehead atoms. The fourth-order valence-corrected chi connectivity index (χ4v) is 3.21. The van der Waals surface area contributed by atoms with E-state index in [0.29, 0.717) is 0 Å². The molecule has 0 radical (unpaired) electrons. The van der Waals surface area contributed by atoms with Crippen LogP contribution in [0.3, 0.4) is 0 Å². The standard InChI is InChI=1S/C18H23N/c1-2-3-4-5-8-15-13-17(15)16-11-6-9-14-10-7-12-19-18(14)16/h6-7,9-12,15,17H,2-5,8,13H2,1H3. The van der Waals surface area contributed by atoms with E-state index in [1.165, 1.54) is 55.0 Å². The number of para-hydroxylation sites is 1. The Labute approximate surface area is 116 Å². The van der Waals surface area contributed by atoms with Gasteiger partial charge in [0.2, 0.25) is 0 Å². The summed E-state index contributed by atoms with van der Waals surface area (Å²) >= 11 is 0. The summed E-state index contributed by atoms with van der Waals surface area (Å²) in [7, 11) is 0. The van der Waals surface area contributed by atoms with Crippen LogP contribution in [-0.4, -0.2) is 4.98 Å². The molecule has 0 spiro atoms. The Kier molecular flexibility index (Phi) is 3.82. The molecule has 1 fully saturated rings. The lowest BCUT2D eigenvalue weighted by atomic mass is 10.0. The number of aromatic nitrogens is 1. The monoisotopic (exact) mass is 253 g/mol. The van der Waals surface area contributed by atoms with Gasteiger partial charge in [0.05, 0.1) is 5.52 Å². The Bertz CT molecular complexity index is 541. The first kappa shape index (κ1) is 12.7. The topological polar surface area (TPSA) is 12.9 Å². The van der Waals surface area contributed by atoms with Gasteiger partial charge in [-0.15, -0.1) is 0 Å². The average Bonchev–Trinajstić information content (AvgIpc) is 3.22. The third-order valence-corrected chi connectivity index (χ3v) is 4.41. The second kappa shape index (κ2) is 5.73. The van der Waals surface area contributed by atoms with Crippen LogP contribution in [0.4, 0.5) is 0 Å². The first-order valence-electron chi connectivity index (χ1n) is 7.74. The zero-order chi connectivity index (χ0) is 13.1. The molecular formula is C18H23N. The molecule has 1 saturated carbocycles. The lowest BCUT2D eigenvalue weighted by Gasteiger charge is -2.05. The van der Waals surface area contributed by atoms with Gasteiger partial charge in [-0.05, 0) is 36.3 Å². The predicted molar refractivity (Wildman–Crippen MR) is 81.4 cm³/mol. The zero-order valence-corrected chi connectivity index (χ0v) is 11.8. The van der Waals surface area contributed by atoms with Crippen molar-refractivity contribution < 1.29 is 0 Å². The molecular weight excluding hydrogens is 230 g/mol. The second-order valence-corrected chi connectivity index (χ2v) is 5.87. The molecule has 0 aliphatic heterocycles. The number of hydrogen-bond acceptors (Lipinski definition) is 1. The van der Waals surface area contributed by atoms with Crippen molar-refractivity contribution in [2.24, 2.45) is 5.92 Å². The number of benzene rings is 1. The molecule has 0 saturated heterocycles. The minimum Gasteiger partial charge on any atom is -0.256 e. The van der Waals surface area contributed by atoms with E-state index in [-0.39, 0.29) is 0 Å². The highest BCUT2D eigenvalue weighted by Gasteiger charge is 2.38. The van der Waals surface area contributed by atoms with Crippen LogP contribution in [0.15, 0.2) is 36.5 Å². The van der Waals surface area contributed by atoms with Crippen molar-refractivity contribution in [3.63, 3.8) is 0 Å². The highest BCUT2D eigenvalue weighted by molar-refractivity contribution is 5.82. The number of rotatable bonds is 6. The van der Waals surface area contributed by atoms with E-state index in [2.05, 4.69) is 36.2 Å². The van der Waals surface area contributed by atoms with Gasteiger partial charge in [-0.3, -0.25) is 4.98 Å². The molecule has 1 aromatic carbocycles. The van der Waals surface area contributed by atoms with Gasteiger partial charge in [0, 0.05) is 11.6 Å². The van der Waals surface area contributed by atoms with Crippen LogP contribution in [0.2, 0.25) is 0 Å². The lowest BCUT2D eigenvalue weighted by Crippen LogP contribution is -1.89. The number of unbranched alkanes of at least 4 members (excludes halogenated alkanes) is 3. The van der Waals surface area contributed by atoms with E-state index in [1.807, 2.05) is 12.3 Å². The normalized spacial score (nSPS) is 21.7. The van der Waals surface area contributed by atoms with Crippen LogP contribution in [0, 0.1) is 5.92 Å². The summed E-state index contributed by atoms with van der Waals surface area (Å²) in [5.41, 5.74) is 2.71. The maximum absolute atomic E-state index is 4.59. The number of fused-ring (bicyclic) bond motifs is 1. The molecule has 0 N–H and O–H groups in total. The zero-order valence-electron chi connectivity index (χ0n) is 11.8. The van der Waals surface area contributed by atoms with Crippen LogP contribution >= 0.6 is 0 Å². The summed E-state index contributed by atoms with van der Waals surface area (Å²) in [6, 6.07) is 10.8. The Morgan fingerprint density at radius 1 is 1.11 bits per heavy atom. The van der Waals surface area contributed by atoms with Crippen molar-refractivity contribution in [3.8, 4) is 0 Å². The average molecular weight is 253 g/mol. The van der Waals surface area contributed by atoms with E-state index in [1.54, 1.807) is 0 Å². The molecule has 2 unspecified atom stereocenters. The SMILES string of the molecule is CCCCCCC1CC1c1cccc2cccnc12. The fraction of sp³-hybridized carbons (Fsp3) is 0.500. The van der Waals surface area contributed by atoms with Crippen LogP contribution < -0.4 is 0 Å².